The highest BCUT2D eigenvalue weighted by atomic mass is 16.2. The van der Waals surface area contributed by atoms with Crippen LogP contribution in [0.15, 0.2) is 24.4 Å². The van der Waals surface area contributed by atoms with E-state index in [0.717, 1.165) is 16.9 Å². The van der Waals surface area contributed by atoms with Gasteiger partial charge in [-0.25, -0.2) is 4.68 Å². The number of rotatable bonds is 4. The van der Waals surface area contributed by atoms with Crippen molar-refractivity contribution < 1.29 is 14.4 Å². The van der Waals surface area contributed by atoms with Gasteiger partial charge in [-0.3, -0.25) is 19.7 Å². The van der Waals surface area contributed by atoms with Gasteiger partial charge in [-0.2, -0.15) is 0 Å². The third kappa shape index (κ3) is 2.66. The molecule has 4 rings (SSSR count). The molecule has 26 heavy (non-hydrogen) atoms. The van der Waals surface area contributed by atoms with E-state index in [1.807, 2.05) is 6.07 Å². The molecule has 0 aliphatic carbocycles. The molecular weight excluding hydrogens is 336 g/mol. The third-order valence-corrected chi connectivity index (χ3v) is 4.75. The van der Waals surface area contributed by atoms with Gasteiger partial charge in [-0.15, -0.1) is 5.10 Å². The molecular formula is C17H18N6O3. The lowest BCUT2D eigenvalue weighted by Crippen LogP contribution is -2.52. The molecule has 2 aliphatic rings. The Bertz CT molecular complexity index is 906. The van der Waals surface area contributed by atoms with Gasteiger partial charge >= 0.3 is 0 Å². The number of aromatic nitrogens is 3. The summed E-state index contributed by atoms with van der Waals surface area (Å²) < 4.78 is 1.63. The van der Waals surface area contributed by atoms with Gasteiger partial charge in [-0.1, -0.05) is 11.3 Å². The molecule has 3 heterocycles. The van der Waals surface area contributed by atoms with E-state index in [1.165, 1.54) is 4.90 Å². The Kier molecular flexibility index (Phi) is 4.00. The third-order valence-electron chi connectivity index (χ3n) is 4.75. The largest absolute Gasteiger partial charge is 0.330 e. The maximum absolute atomic E-state index is 12.8. The zero-order valence-electron chi connectivity index (χ0n) is 14.0. The van der Waals surface area contributed by atoms with Gasteiger partial charge in [0.2, 0.25) is 11.8 Å². The van der Waals surface area contributed by atoms with Crippen LogP contribution in [-0.4, -0.2) is 50.2 Å². The fourth-order valence-electron chi connectivity index (χ4n) is 3.46. The van der Waals surface area contributed by atoms with Crippen LogP contribution in [0.5, 0.6) is 0 Å². The van der Waals surface area contributed by atoms with Crippen molar-refractivity contribution in [3.63, 3.8) is 0 Å². The highest BCUT2D eigenvalue weighted by Gasteiger charge is 2.40. The molecule has 1 atom stereocenters. The minimum absolute atomic E-state index is 0.210. The molecule has 3 N–H and O–H groups in total. The Morgan fingerprint density at radius 2 is 2.12 bits per heavy atom. The van der Waals surface area contributed by atoms with E-state index in [-0.39, 0.29) is 18.2 Å². The smallest absolute Gasteiger partial charge is 0.255 e. The molecule has 2 aromatic rings. The maximum atomic E-state index is 12.8. The average molecular weight is 354 g/mol. The molecule has 9 nitrogen and oxygen atoms in total. The summed E-state index contributed by atoms with van der Waals surface area (Å²) in [4.78, 5) is 37.9. The number of nitrogens with two attached hydrogens (primary N) is 1. The molecule has 0 spiro atoms. The Morgan fingerprint density at radius 1 is 1.27 bits per heavy atom. The first-order chi connectivity index (χ1) is 12.6. The van der Waals surface area contributed by atoms with E-state index in [2.05, 4.69) is 15.6 Å². The Balaban J connectivity index is 1.66. The summed E-state index contributed by atoms with van der Waals surface area (Å²) >= 11 is 0. The summed E-state index contributed by atoms with van der Waals surface area (Å²) in [6, 6.07) is 4.75. The zero-order valence-corrected chi connectivity index (χ0v) is 14.0. The predicted octanol–water partition coefficient (Wildman–Crippen LogP) is -0.470. The quantitative estimate of drug-likeness (QED) is 0.716. The maximum Gasteiger partial charge on any atom is 0.255 e. The van der Waals surface area contributed by atoms with Gasteiger partial charge in [0.05, 0.1) is 17.6 Å². The van der Waals surface area contributed by atoms with Crippen LogP contribution < -0.4 is 11.1 Å². The van der Waals surface area contributed by atoms with E-state index >= 15 is 0 Å². The van der Waals surface area contributed by atoms with Crippen LogP contribution in [0.3, 0.4) is 0 Å². The first-order valence-corrected chi connectivity index (χ1v) is 8.46. The Morgan fingerprint density at radius 3 is 2.88 bits per heavy atom. The van der Waals surface area contributed by atoms with Crippen molar-refractivity contribution >= 4 is 17.7 Å². The molecule has 1 fully saturated rings. The molecule has 0 bridgehead atoms. The van der Waals surface area contributed by atoms with Crippen LogP contribution >= 0.6 is 0 Å². The number of amides is 3. The molecule has 9 heteroatoms. The predicted molar refractivity (Wildman–Crippen MR) is 90.2 cm³/mol. The zero-order chi connectivity index (χ0) is 18.3. The first kappa shape index (κ1) is 16.4. The van der Waals surface area contributed by atoms with Crippen molar-refractivity contribution in [1.82, 2.24) is 25.2 Å². The SMILES string of the molecule is NCCc1cn(-c2cccc3c2CN(C2CCC(=O)NC2=O)C3=O)nn1. The highest BCUT2D eigenvalue weighted by molar-refractivity contribution is 6.05. The normalized spacial score (nSPS) is 19.7. The summed E-state index contributed by atoms with van der Waals surface area (Å²) in [6.45, 7) is 0.774. The number of carbonyl (C=O) groups excluding carboxylic acids is 3. The van der Waals surface area contributed by atoms with Crippen LogP contribution in [0.1, 0.15) is 34.5 Å². The van der Waals surface area contributed by atoms with E-state index in [0.29, 0.717) is 31.5 Å². The minimum atomic E-state index is -0.635. The van der Waals surface area contributed by atoms with Gasteiger partial charge in [0, 0.05) is 30.5 Å². The van der Waals surface area contributed by atoms with Gasteiger partial charge in [0.15, 0.2) is 0 Å². The number of nitrogens with one attached hydrogen (secondary N) is 1. The summed E-state index contributed by atoms with van der Waals surface area (Å²) in [7, 11) is 0. The molecule has 2 aliphatic heterocycles. The molecule has 134 valence electrons. The molecule has 0 saturated carbocycles. The number of fused-ring (bicyclic) bond motifs is 1. The van der Waals surface area contributed by atoms with Crippen molar-refractivity contribution in [2.75, 3.05) is 6.54 Å². The first-order valence-electron chi connectivity index (χ1n) is 8.46. The van der Waals surface area contributed by atoms with E-state index < -0.39 is 11.9 Å². The number of carbonyl (C=O) groups is 3. The van der Waals surface area contributed by atoms with Crippen LogP contribution in [0, 0.1) is 0 Å². The molecule has 1 aromatic carbocycles. The number of benzene rings is 1. The van der Waals surface area contributed by atoms with E-state index in [9.17, 15) is 14.4 Å². The summed E-state index contributed by atoms with van der Waals surface area (Å²) in [5.74, 6) is -0.931. The second-order valence-electron chi connectivity index (χ2n) is 6.40. The number of nitrogens with zero attached hydrogens (tertiary/aromatic N) is 4. The Labute approximate surface area is 149 Å². The summed E-state index contributed by atoms with van der Waals surface area (Å²) in [5.41, 5.74) is 8.42. The lowest BCUT2D eigenvalue weighted by atomic mass is 10.0. The van der Waals surface area contributed by atoms with Crippen LogP contribution in [-0.2, 0) is 22.6 Å². The van der Waals surface area contributed by atoms with Gasteiger partial charge < -0.3 is 10.6 Å². The average Bonchev–Trinajstić information content (AvgIpc) is 3.21. The van der Waals surface area contributed by atoms with Crippen LogP contribution in [0.25, 0.3) is 5.69 Å². The topological polar surface area (TPSA) is 123 Å². The molecule has 1 aromatic heterocycles. The lowest BCUT2D eigenvalue weighted by Gasteiger charge is -2.29. The molecule has 0 radical (unpaired) electrons. The number of imide groups is 1. The fourth-order valence-corrected chi connectivity index (χ4v) is 3.46. The molecule has 1 unspecified atom stereocenters. The summed E-state index contributed by atoms with van der Waals surface area (Å²) in [6.07, 6.45) is 2.98. The summed E-state index contributed by atoms with van der Waals surface area (Å²) in [5, 5.41) is 10.5. The molecule has 1 saturated heterocycles. The fraction of sp³-hybridized carbons (Fsp3) is 0.353. The second-order valence-corrected chi connectivity index (χ2v) is 6.40. The monoisotopic (exact) mass is 354 g/mol. The minimum Gasteiger partial charge on any atom is -0.330 e. The van der Waals surface area contributed by atoms with Crippen molar-refractivity contribution in [3.05, 3.63) is 41.2 Å². The number of piperidine rings is 1. The van der Waals surface area contributed by atoms with Crippen LogP contribution in [0.4, 0.5) is 0 Å². The van der Waals surface area contributed by atoms with E-state index in [1.54, 1.807) is 23.0 Å². The van der Waals surface area contributed by atoms with Crippen molar-refractivity contribution in [1.29, 1.82) is 0 Å². The van der Waals surface area contributed by atoms with Crippen molar-refractivity contribution in [3.8, 4) is 5.69 Å². The van der Waals surface area contributed by atoms with E-state index in [4.69, 9.17) is 5.73 Å². The number of hydrogen-bond donors (Lipinski definition) is 2. The highest BCUT2D eigenvalue weighted by Crippen LogP contribution is 2.31. The van der Waals surface area contributed by atoms with Gasteiger partial charge in [-0.05, 0) is 25.1 Å². The molecule has 3 amide bonds. The van der Waals surface area contributed by atoms with Gasteiger partial charge in [0.1, 0.15) is 6.04 Å². The van der Waals surface area contributed by atoms with Crippen molar-refractivity contribution in [2.45, 2.75) is 31.8 Å². The van der Waals surface area contributed by atoms with Crippen molar-refractivity contribution in [2.24, 2.45) is 5.73 Å². The number of hydrogen-bond acceptors (Lipinski definition) is 6. The second kappa shape index (κ2) is 6.34. The van der Waals surface area contributed by atoms with Crippen LogP contribution in [0.2, 0.25) is 0 Å². The Hall–Kier alpha value is -3.07. The standard InChI is InChI=1S/C17H18N6O3/c18-7-6-10-8-23(21-20-10)13-3-1-2-11-12(13)9-22(17(11)26)14-4-5-15(24)19-16(14)25/h1-3,8,14H,4-7,9,18H2,(H,19,24,25). The van der Waals surface area contributed by atoms with Gasteiger partial charge in [0.25, 0.3) is 5.91 Å². The lowest BCUT2D eigenvalue weighted by molar-refractivity contribution is -0.136.